The highest BCUT2D eigenvalue weighted by molar-refractivity contribution is 6.68. The molecule has 7 heteroatoms. The molecule has 1 aliphatic carbocycles. The van der Waals surface area contributed by atoms with Gasteiger partial charge in [-0.15, -0.1) is 16.4 Å². The van der Waals surface area contributed by atoms with Crippen molar-refractivity contribution in [3.63, 3.8) is 0 Å². The average Bonchev–Trinajstić information content (AvgIpc) is 2.80. The highest BCUT2D eigenvalue weighted by Gasteiger charge is 2.25. The minimum absolute atomic E-state index is 0.139. The van der Waals surface area contributed by atoms with E-state index in [1.54, 1.807) is 18.2 Å². The van der Waals surface area contributed by atoms with Crippen LogP contribution in [0.3, 0.4) is 0 Å². The topological polar surface area (TPSA) is 17.1 Å². The Morgan fingerprint density at radius 2 is 1.32 bits per heavy atom. The number of halogens is 1. The number of allylic oxidation sites excluding steroid dienone is 1. The number of rotatable bonds is 1. The van der Waals surface area contributed by atoms with E-state index in [1.165, 1.54) is 6.08 Å². The van der Waals surface area contributed by atoms with Crippen molar-refractivity contribution >= 4 is 89.5 Å². The normalized spacial score (nSPS) is 13.1. The molecular formula is C15H4B5ClO. The molecule has 0 saturated heterocycles. The molecule has 22 heavy (non-hydrogen) atoms. The lowest BCUT2D eigenvalue weighted by atomic mass is 9.59. The first-order valence-electron chi connectivity index (χ1n) is 6.40. The molecule has 0 bridgehead atoms. The van der Waals surface area contributed by atoms with Crippen molar-refractivity contribution in [1.29, 1.82) is 0 Å². The van der Waals surface area contributed by atoms with E-state index in [4.69, 9.17) is 50.8 Å². The number of hydrogen-bond donors (Lipinski definition) is 0. The quantitative estimate of drug-likeness (QED) is 0.552. The summed E-state index contributed by atoms with van der Waals surface area (Å²) in [5, 5.41) is 0.471. The van der Waals surface area contributed by atoms with E-state index in [0.29, 0.717) is 27.3 Å². The van der Waals surface area contributed by atoms with E-state index in [0.717, 1.165) is 0 Å². The Hall–Kier alpha value is -1.54. The molecular weight excluding hydrogens is 286 g/mol. The zero-order chi connectivity index (χ0) is 16.2. The van der Waals surface area contributed by atoms with Crippen molar-refractivity contribution in [2.45, 2.75) is 0 Å². The van der Waals surface area contributed by atoms with Crippen LogP contribution in [0.4, 0.5) is 0 Å². The summed E-state index contributed by atoms with van der Waals surface area (Å²) in [6.45, 7) is 0. The van der Waals surface area contributed by atoms with Gasteiger partial charge < -0.3 is 0 Å². The molecule has 10 radical (unpaired) electrons. The van der Waals surface area contributed by atoms with Crippen LogP contribution in [-0.2, 0) is 0 Å². The van der Waals surface area contributed by atoms with Crippen molar-refractivity contribution in [2.75, 3.05) is 0 Å². The maximum absolute atomic E-state index is 12.2. The number of benzene rings is 2. The van der Waals surface area contributed by atoms with Crippen LogP contribution in [-0.4, -0.2) is 45.0 Å². The highest BCUT2D eigenvalue weighted by Crippen LogP contribution is 2.32. The molecule has 0 heterocycles. The zero-order valence-electron chi connectivity index (χ0n) is 11.5. The van der Waals surface area contributed by atoms with Gasteiger partial charge in [0, 0.05) is 10.6 Å². The SMILES string of the molecule is [B]c1c([B])c([B])c(C2=CC(=O)c3cc(Cl)ccc32)c([B])c1[B]. The minimum atomic E-state index is -0.180. The van der Waals surface area contributed by atoms with Crippen LogP contribution in [0.1, 0.15) is 21.5 Å². The summed E-state index contributed by atoms with van der Waals surface area (Å²) < 4.78 is 0. The van der Waals surface area contributed by atoms with E-state index in [9.17, 15) is 4.79 Å². The summed E-state index contributed by atoms with van der Waals surface area (Å²) in [6, 6.07) is 5.01. The maximum Gasteiger partial charge on any atom is 0.187 e. The Kier molecular flexibility index (Phi) is 3.68. The number of carbonyl (C=O) groups is 1. The second-order valence-corrected chi connectivity index (χ2v) is 5.49. The fourth-order valence-corrected chi connectivity index (χ4v) is 2.76. The van der Waals surface area contributed by atoms with Crippen LogP contribution in [0.25, 0.3) is 5.57 Å². The number of fused-ring (bicyclic) bond motifs is 1. The Morgan fingerprint density at radius 1 is 0.773 bits per heavy atom. The van der Waals surface area contributed by atoms with Gasteiger partial charge in [-0.1, -0.05) is 28.6 Å². The molecule has 3 rings (SSSR count). The maximum atomic E-state index is 12.2. The molecule has 0 amide bonds. The molecule has 92 valence electrons. The first kappa shape index (κ1) is 15.4. The molecule has 1 nitrogen and oxygen atoms in total. The fraction of sp³-hybridized carbons (Fsp3) is 0. The second-order valence-electron chi connectivity index (χ2n) is 5.06. The monoisotopic (exact) mass is 290 g/mol. The van der Waals surface area contributed by atoms with Crippen LogP contribution in [0, 0.1) is 0 Å². The van der Waals surface area contributed by atoms with Crippen molar-refractivity contribution in [3.8, 4) is 0 Å². The van der Waals surface area contributed by atoms with E-state index in [2.05, 4.69) is 0 Å². The molecule has 0 fully saturated rings. The number of hydrogen-bond acceptors (Lipinski definition) is 1. The highest BCUT2D eigenvalue weighted by atomic mass is 35.5. The summed E-state index contributed by atoms with van der Waals surface area (Å²) in [4.78, 5) is 12.2. The van der Waals surface area contributed by atoms with Crippen LogP contribution in [0.2, 0.25) is 5.02 Å². The van der Waals surface area contributed by atoms with E-state index < -0.39 is 0 Å². The molecule has 0 unspecified atom stereocenters. The predicted molar refractivity (Wildman–Crippen MR) is 96.2 cm³/mol. The van der Waals surface area contributed by atoms with Gasteiger partial charge in [0.2, 0.25) is 0 Å². The molecule has 0 saturated carbocycles. The lowest BCUT2D eigenvalue weighted by Gasteiger charge is -2.22. The largest absolute Gasteiger partial charge is 0.289 e. The van der Waals surface area contributed by atoms with Gasteiger partial charge in [0.25, 0.3) is 0 Å². The van der Waals surface area contributed by atoms with Crippen LogP contribution < -0.4 is 27.3 Å². The van der Waals surface area contributed by atoms with Crippen molar-refractivity contribution in [1.82, 2.24) is 0 Å². The van der Waals surface area contributed by atoms with Gasteiger partial charge in [0.15, 0.2) is 5.78 Å². The summed E-state index contributed by atoms with van der Waals surface area (Å²) in [5.74, 6) is -0.180. The summed E-state index contributed by atoms with van der Waals surface area (Å²) in [7, 11) is 29.6. The fourth-order valence-electron chi connectivity index (χ4n) is 2.59. The van der Waals surface area contributed by atoms with Crippen molar-refractivity contribution in [2.24, 2.45) is 0 Å². The molecule has 0 N–H and O–H groups in total. The van der Waals surface area contributed by atoms with Gasteiger partial charge in [0.1, 0.15) is 39.2 Å². The van der Waals surface area contributed by atoms with Gasteiger partial charge in [0.05, 0.1) is 0 Å². The number of ketones is 1. The molecule has 0 atom stereocenters. The van der Waals surface area contributed by atoms with Crippen LogP contribution >= 0.6 is 11.6 Å². The van der Waals surface area contributed by atoms with E-state index in [1.807, 2.05) is 0 Å². The van der Waals surface area contributed by atoms with E-state index in [-0.39, 0.29) is 33.1 Å². The molecule has 1 aliphatic rings. The molecule has 2 aromatic rings. The van der Waals surface area contributed by atoms with Crippen LogP contribution in [0.15, 0.2) is 24.3 Å². The van der Waals surface area contributed by atoms with E-state index >= 15 is 0 Å². The van der Waals surface area contributed by atoms with Crippen molar-refractivity contribution in [3.05, 3.63) is 46.0 Å². The Balaban J connectivity index is 2.32. The smallest absolute Gasteiger partial charge is 0.187 e. The zero-order valence-corrected chi connectivity index (χ0v) is 12.2. The minimum Gasteiger partial charge on any atom is -0.289 e. The predicted octanol–water partition coefficient (Wildman–Crippen LogP) is -2.06. The van der Waals surface area contributed by atoms with Gasteiger partial charge in [-0.05, 0) is 34.9 Å². The average molecular weight is 290 g/mol. The molecule has 0 aromatic heterocycles. The Labute approximate surface area is 140 Å². The first-order chi connectivity index (χ1) is 10.3. The third kappa shape index (κ3) is 2.13. The molecule has 2 aromatic carbocycles. The van der Waals surface area contributed by atoms with Gasteiger partial charge in [-0.3, -0.25) is 4.79 Å². The standard InChI is InChI=1S/C15H4B5ClO/c16-11-10(12(17)14(19)15(20)13(11)18)8-4-9(22)7-3-5(21)1-2-6(7)8/h1-4H. The Morgan fingerprint density at radius 3 is 1.91 bits per heavy atom. The van der Waals surface area contributed by atoms with Gasteiger partial charge >= 0.3 is 0 Å². The van der Waals surface area contributed by atoms with Crippen molar-refractivity contribution < 1.29 is 4.79 Å². The third-order valence-corrected chi connectivity index (χ3v) is 4.02. The summed E-state index contributed by atoms with van der Waals surface area (Å²) in [5.41, 5.74) is 2.97. The third-order valence-electron chi connectivity index (χ3n) is 3.78. The van der Waals surface area contributed by atoms with Gasteiger partial charge in [-0.25, -0.2) is 0 Å². The van der Waals surface area contributed by atoms with Gasteiger partial charge in [-0.2, -0.15) is 0 Å². The molecule has 0 spiro atoms. The first-order valence-corrected chi connectivity index (χ1v) is 6.78. The second kappa shape index (κ2) is 5.28. The summed E-state index contributed by atoms with van der Waals surface area (Å²) in [6.07, 6.45) is 1.44. The lowest BCUT2D eigenvalue weighted by molar-refractivity contribution is 0.105. The van der Waals surface area contributed by atoms with Crippen LogP contribution in [0.5, 0.6) is 0 Å². The Bertz CT molecular complexity index is 844. The molecule has 0 aliphatic heterocycles. The summed E-state index contributed by atoms with van der Waals surface area (Å²) >= 11 is 5.93. The number of carbonyl (C=O) groups excluding carboxylic acids is 1. The lowest BCUT2D eigenvalue weighted by Crippen LogP contribution is -2.56.